The molecular weight excluding hydrogens is 645 g/mol. The summed E-state index contributed by atoms with van der Waals surface area (Å²) in [5.41, 5.74) is 8.11. The summed E-state index contributed by atoms with van der Waals surface area (Å²) in [5, 5.41) is 1.58. The van der Waals surface area contributed by atoms with Gasteiger partial charge in [0.15, 0.2) is 0 Å². The van der Waals surface area contributed by atoms with Crippen molar-refractivity contribution >= 4 is 17.6 Å². The van der Waals surface area contributed by atoms with Gasteiger partial charge in [0.05, 0.1) is 0 Å². The molecule has 52 heavy (non-hydrogen) atoms. The van der Waals surface area contributed by atoms with Gasteiger partial charge in [0.25, 0.3) is 0 Å². The van der Waals surface area contributed by atoms with Crippen molar-refractivity contribution in [2.75, 3.05) is 0 Å². The van der Waals surface area contributed by atoms with Crippen LogP contribution >= 0.6 is 12.2 Å². The van der Waals surface area contributed by atoms with Crippen LogP contribution in [0.5, 0.6) is 0 Å². The zero-order chi connectivity index (χ0) is 43.3. The first-order valence-corrected chi connectivity index (χ1v) is 20.5. The summed E-state index contributed by atoms with van der Waals surface area (Å²) < 4.78 is 0. The molecular formula is C51H92S. The second-order valence-corrected chi connectivity index (χ2v) is 12.9. The standard InChI is InChI=1S/C22H30.C6H10.2C5H8.C3H8.C2H4S.4C2H6/c1-15(2)18(5)13-20-11-17(4)12-22(14-20)19(6)21-9-7-16(3)8-10-21;1-5-6(2,3)4;1-4-5(2)3;1-3-5-4-2;1-3-2;1-2-3;4*1-2/h7-12,14-15,18-19H,13H2,1-6H3;1H,2-4H3;4H,1-2H2,3H3;3-5H,1H2,2H3;3H2,1-2H3;2H,1H3;4*1-2H3/b;;;5-4-;;;;;;. The highest BCUT2D eigenvalue weighted by Gasteiger charge is 2.13. The van der Waals surface area contributed by atoms with E-state index in [4.69, 9.17) is 6.42 Å². The van der Waals surface area contributed by atoms with Gasteiger partial charge in [-0.25, -0.2) is 0 Å². The highest BCUT2D eigenvalue weighted by molar-refractivity contribution is 7.78. The summed E-state index contributed by atoms with van der Waals surface area (Å²) in [6, 6.07) is 16.1. The van der Waals surface area contributed by atoms with E-state index in [9.17, 15) is 0 Å². The highest BCUT2D eigenvalue weighted by Crippen LogP contribution is 2.27. The van der Waals surface area contributed by atoms with Gasteiger partial charge in [-0.1, -0.05) is 219 Å². The predicted molar refractivity (Wildman–Crippen MR) is 257 cm³/mol. The van der Waals surface area contributed by atoms with Crippen molar-refractivity contribution in [3.05, 3.63) is 120 Å². The molecule has 0 amide bonds. The van der Waals surface area contributed by atoms with E-state index in [1.54, 1.807) is 17.5 Å². The van der Waals surface area contributed by atoms with Crippen molar-refractivity contribution in [3.8, 4) is 12.3 Å². The van der Waals surface area contributed by atoms with Crippen molar-refractivity contribution < 1.29 is 0 Å². The number of aryl methyl sites for hydroxylation is 2. The molecule has 2 aromatic carbocycles. The van der Waals surface area contributed by atoms with E-state index >= 15 is 0 Å². The number of rotatable bonds is 7. The van der Waals surface area contributed by atoms with E-state index < -0.39 is 0 Å². The third kappa shape index (κ3) is 56.4. The molecule has 0 N–H and O–H groups in total. The van der Waals surface area contributed by atoms with Gasteiger partial charge in [0.2, 0.25) is 0 Å². The zero-order valence-electron chi connectivity index (χ0n) is 39.2. The van der Waals surface area contributed by atoms with Crippen molar-refractivity contribution in [1.29, 1.82) is 0 Å². The molecule has 0 heterocycles. The molecule has 0 aliphatic heterocycles. The van der Waals surface area contributed by atoms with Crippen molar-refractivity contribution in [1.82, 2.24) is 0 Å². The molecule has 0 bridgehead atoms. The predicted octanol–water partition coefficient (Wildman–Crippen LogP) is 18.0. The number of terminal acetylenes is 1. The van der Waals surface area contributed by atoms with E-state index in [0.717, 1.165) is 17.4 Å². The molecule has 2 rings (SSSR count). The van der Waals surface area contributed by atoms with Gasteiger partial charge in [0.1, 0.15) is 0 Å². The van der Waals surface area contributed by atoms with Gasteiger partial charge >= 0.3 is 0 Å². The van der Waals surface area contributed by atoms with E-state index in [-0.39, 0.29) is 5.41 Å². The molecule has 0 spiro atoms. The van der Waals surface area contributed by atoms with Crippen LogP contribution in [0.1, 0.15) is 179 Å². The third-order valence-corrected chi connectivity index (χ3v) is 6.04. The first kappa shape index (κ1) is 67.2. The number of thiocarbonyl (C=S) groups is 1. The summed E-state index contributed by atoms with van der Waals surface area (Å²) >= 11 is 4.27. The SMILES string of the molecule is C#CC(C)(C)C.C=C/C=C\C.C=CC(=C)C.CC.CC.CC.CC.CC=S.CCC.Cc1ccc(C(C)c2cc(C)cc(CC(C)C(C)C)c2)cc1. The van der Waals surface area contributed by atoms with Gasteiger partial charge in [-0.3, -0.25) is 0 Å². The maximum absolute atomic E-state index is 5.06. The van der Waals surface area contributed by atoms with E-state index in [1.165, 1.54) is 40.7 Å². The molecule has 0 saturated heterocycles. The summed E-state index contributed by atoms with van der Waals surface area (Å²) in [4.78, 5) is 0. The number of hydrogen-bond acceptors (Lipinski definition) is 1. The number of allylic oxidation sites excluding steroid dienone is 5. The Bertz CT molecular complexity index is 1080. The van der Waals surface area contributed by atoms with Gasteiger partial charge in [-0.2, -0.15) is 0 Å². The lowest BCUT2D eigenvalue weighted by Gasteiger charge is -2.19. The highest BCUT2D eigenvalue weighted by atomic mass is 32.1. The van der Waals surface area contributed by atoms with Crippen molar-refractivity contribution in [2.45, 2.75) is 171 Å². The van der Waals surface area contributed by atoms with Gasteiger partial charge in [-0.05, 0) is 95.7 Å². The molecule has 2 unspecified atom stereocenters. The molecule has 0 saturated carbocycles. The lowest BCUT2D eigenvalue weighted by atomic mass is 9.86. The molecule has 0 nitrogen and oxygen atoms in total. The lowest BCUT2D eigenvalue weighted by molar-refractivity contribution is 0.417. The summed E-state index contributed by atoms with van der Waals surface area (Å²) in [6.45, 7) is 56.1. The second kappa shape index (κ2) is 52.4. The molecule has 302 valence electrons. The molecule has 0 fully saturated rings. The Hall–Kier alpha value is -2.95. The zero-order valence-corrected chi connectivity index (χ0v) is 40.0. The Morgan fingerprint density at radius 3 is 1.40 bits per heavy atom. The van der Waals surface area contributed by atoms with Crippen molar-refractivity contribution in [2.24, 2.45) is 17.3 Å². The van der Waals surface area contributed by atoms with Crippen LogP contribution in [0.3, 0.4) is 0 Å². The maximum atomic E-state index is 5.06. The lowest BCUT2D eigenvalue weighted by Crippen LogP contribution is -2.08. The first-order valence-electron chi connectivity index (χ1n) is 20.0. The molecule has 0 aliphatic rings. The normalized spacial score (nSPS) is 9.73. The Kier molecular flexibility index (Phi) is 67.7. The smallest absolute Gasteiger partial charge is 0.0227 e. The maximum Gasteiger partial charge on any atom is 0.0227 e. The fourth-order valence-corrected chi connectivity index (χ4v) is 3.05. The minimum Gasteiger partial charge on any atom is -0.120 e. The van der Waals surface area contributed by atoms with E-state index in [1.807, 2.05) is 109 Å². The number of hydrogen-bond donors (Lipinski definition) is 0. The Labute approximate surface area is 336 Å². The molecule has 0 radical (unpaired) electrons. The molecule has 1 heteroatoms. The van der Waals surface area contributed by atoms with Crippen LogP contribution in [0.25, 0.3) is 0 Å². The van der Waals surface area contributed by atoms with Crippen LogP contribution in [0.15, 0.2) is 92.1 Å². The average molecular weight is 737 g/mol. The van der Waals surface area contributed by atoms with Gasteiger partial charge in [0, 0.05) is 11.3 Å². The van der Waals surface area contributed by atoms with Gasteiger partial charge < -0.3 is 0 Å². The van der Waals surface area contributed by atoms with Crippen LogP contribution < -0.4 is 0 Å². The number of benzene rings is 2. The fourth-order valence-electron chi connectivity index (χ4n) is 3.05. The second-order valence-electron chi connectivity index (χ2n) is 12.5. The van der Waals surface area contributed by atoms with Crippen LogP contribution in [0.2, 0.25) is 0 Å². The largest absolute Gasteiger partial charge is 0.120 e. The minimum atomic E-state index is 0.0694. The topological polar surface area (TPSA) is 0 Å². The Morgan fingerprint density at radius 2 is 1.15 bits per heavy atom. The molecule has 0 aliphatic carbocycles. The fraction of sp³-hybridized carbons (Fsp3) is 0.549. The quantitative estimate of drug-likeness (QED) is 0.155. The van der Waals surface area contributed by atoms with E-state index in [0.29, 0.717) is 5.92 Å². The van der Waals surface area contributed by atoms with Crippen LogP contribution in [-0.2, 0) is 6.42 Å². The monoisotopic (exact) mass is 737 g/mol. The van der Waals surface area contributed by atoms with Crippen LogP contribution in [-0.4, -0.2) is 5.37 Å². The first-order chi connectivity index (χ1) is 24.4. The van der Waals surface area contributed by atoms with Gasteiger partial charge in [-0.15, -0.1) is 12.3 Å². The van der Waals surface area contributed by atoms with E-state index in [2.05, 4.69) is 136 Å². The molecule has 2 atom stereocenters. The van der Waals surface area contributed by atoms with Crippen molar-refractivity contribution in [3.63, 3.8) is 0 Å². The summed E-state index contributed by atoms with van der Waals surface area (Å²) in [7, 11) is 0. The van der Waals surface area contributed by atoms with Crippen LogP contribution in [0.4, 0.5) is 0 Å². The van der Waals surface area contributed by atoms with Crippen LogP contribution in [0, 0.1) is 43.4 Å². The molecule has 0 aromatic heterocycles. The minimum absolute atomic E-state index is 0.0694. The summed E-state index contributed by atoms with van der Waals surface area (Å²) in [6.07, 6.45) is 14.8. The molecule has 2 aromatic rings. The summed E-state index contributed by atoms with van der Waals surface area (Å²) in [5.74, 6) is 4.52. The Balaban J connectivity index is -0.0000000885. The average Bonchev–Trinajstić information content (AvgIpc) is 3.13. The Morgan fingerprint density at radius 1 is 0.788 bits per heavy atom. The third-order valence-electron chi connectivity index (χ3n) is 6.04.